The fraction of sp³-hybridized carbons (Fsp3) is 0.167. The molecule has 0 aliphatic heterocycles. The monoisotopic (exact) mass is 266 g/mol. The van der Waals surface area contributed by atoms with E-state index in [4.69, 9.17) is 11.6 Å². The fourth-order valence-corrected chi connectivity index (χ4v) is 2.36. The number of thiophene rings is 1. The van der Waals surface area contributed by atoms with Gasteiger partial charge in [0.1, 0.15) is 0 Å². The van der Waals surface area contributed by atoms with Crippen LogP contribution in [0.1, 0.15) is 11.1 Å². The van der Waals surface area contributed by atoms with Gasteiger partial charge in [-0.15, -0.1) is 0 Å². The van der Waals surface area contributed by atoms with Crippen LogP contribution in [0, 0.1) is 6.92 Å². The van der Waals surface area contributed by atoms with Crippen molar-refractivity contribution in [3.8, 4) is 0 Å². The molecule has 0 saturated heterocycles. The number of nitrogens with one attached hydrogen (secondary N) is 1. The summed E-state index contributed by atoms with van der Waals surface area (Å²) in [7, 11) is 0. The van der Waals surface area contributed by atoms with Crippen molar-refractivity contribution in [2.45, 2.75) is 13.3 Å². The molecule has 88 valence electrons. The molecule has 0 aliphatic carbocycles. The number of hydrogen-bond acceptors (Lipinski definition) is 3. The van der Waals surface area contributed by atoms with Crippen molar-refractivity contribution in [3.05, 3.63) is 45.4 Å². The predicted molar refractivity (Wildman–Crippen MR) is 70.6 cm³/mol. The summed E-state index contributed by atoms with van der Waals surface area (Å²) in [6.07, 6.45) is 1.97. The number of hydrogen-bond donors (Lipinski definition) is 1. The molecule has 0 unspecified atom stereocenters. The largest absolute Gasteiger partial charge is 0.323 e. The number of aryl methyl sites for hydroxylation is 1. The van der Waals surface area contributed by atoms with E-state index in [9.17, 15) is 4.79 Å². The lowest BCUT2D eigenvalue weighted by Gasteiger charge is -2.08. The molecule has 17 heavy (non-hydrogen) atoms. The molecule has 0 bridgehead atoms. The Hall–Kier alpha value is -1.39. The number of nitrogens with zero attached hydrogens (tertiary/aromatic N) is 1. The van der Waals surface area contributed by atoms with Crippen molar-refractivity contribution in [2.24, 2.45) is 0 Å². The highest BCUT2D eigenvalue weighted by atomic mass is 35.5. The van der Waals surface area contributed by atoms with Crippen LogP contribution >= 0.6 is 22.9 Å². The highest BCUT2D eigenvalue weighted by molar-refractivity contribution is 7.08. The van der Waals surface area contributed by atoms with Crippen LogP contribution in [0.15, 0.2) is 29.1 Å². The molecule has 0 atom stereocenters. The molecular formula is C12H11ClN2OS. The zero-order chi connectivity index (χ0) is 12.3. The number of pyridine rings is 1. The third kappa shape index (κ3) is 3.05. The number of carbonyl (C=O) groups is 1. The quantitative estimate of drug-likeness (QED) is 0.867. The number of halogens is 1. The van der Waals surface area contributed by atoms with Gasteiger partial charge in [0.15, 0.2) is 5.15 Å². The Balaban J connectivity index is 2.08. The first kappa shape index (κ1) is 12.1. The number of carbonyl (C=O) groups excluding carboxylic acids is 1. The van der Waals surface area contributed by atoms with E-state index >= 15 is 0 Å². The van der Waals surface area contributed by atoms with Crippen molar-refractivity contribution in [3.63, 3.8) is 0 Å². The van der Waals surface area contributed by atoms with Crippen molar-refractivity contribution >= 4 is 34.5 Å². The number of anilines is 1. The van der Waals surface area contributed by atoms with Gasteiger partial charge in [0.25, 0.3) is 0 Å². The van der Waals surface area contributed by atoms with Gasteiger partial charge in [0.2, 0.25) is 5.91 Å². The third-order valence-electron chi connectivity index (χ3n) is 2.32. The van der Waals surface area contributed by atoms with Gasteiger partial charge in [-0.1, -0.05) is 11.6 Å². The van der Waals surface area contributed by atoms with E-state index < -0.39 is 0 Å². The molecule has 1 amide bonds. The average Bonchev–Trinajstić information content (AvgIpc) is 2.76. The molecule has 0 fully saturated rings. The smallest absolute Gasteiger partial charge is 0.228 e. The van der Waals surface area contributed by atoms with E-state index in [1.165, 1.54) is 0 Å². The highest BCUT2D eigenvalue weighted by Gasteiger charge is 2.09. The van der Waals surface area contributed by atoms with Gasteiger partial charge in [-0.2, -0.15) is 11.3 Å². The molecule has 0 aromatic carbocycles. The van der Waals surface area contributed by atoms with Crippen LogP contribution in [-0.2, 0) is 11.2 Å². The number of rotatable bonds is 3. The lowest BCUT2D eigenvalue weighted by Crippen LogP contribution is -2.15. The second kappa shape index (κ2) is 5.29. The minimum absolute atomic E-state index is 0.0820. The molecule has 2 aromatic heterocycles. The summed E-state index contributed by atoms with van der Waals surface area (Å²) in [4.78, 5) is 15.7. The van der Waals surface area contributed by atoms with Crippen LogP contribution in [0.4, 0.5) is 5.69 Å². The van der Waals surface area contributed by atoms with E-state index in [0.29, 0.717) is 17.3 Å². The van der Waals surface area contributed by atoms with Crippen molar-refractivity contribution in [2.75, 3.05) is 5.32 Å². The van der Waals surface area contributed by atoms with Gasteiger partial charge in [0, 0.05) is 6.20 Å². The summed E-state index contributed by atoms with van der Waals surface area (Å²) in [5, 5.41) is 7.02. The maximum absolute atomic E-state index is 11.8. The molecule has 0 saturated carbocycles. The average molecular weight is 267 g/mol. The van der Waals surface area contributed by atoms with E-state index in [0.717, 1.165) is 11.1 Å². The van der Waals surface area contributed by atoms with E-state index in [2.05, 4.69) is 10.3 Å². The van der Waals surface area contributed by atoms with Crippen LogP contribution in [0.2, 0.25) is 5.15 Å². The molecular weight excluding hydrogens is 256 g/mol. The summed E-state index contributed by atoms with van der Waals surface area (Å²) < 4.78 is 0. The Morgan fingerprint density at radius 1 is 1.53 bits per heavy atom. The van der Waals surface area contributed by atoms with Gasteiger partial charge in [-0.05, 0) is 40.9 Å². The van der Waals surface area contributed by atoms with Crippen molar-refractivity contribution in [1.82, 2.24) is 4.98 Å². The first-order valence-electron chi connectivity index (χ1n) is 5.09. The molecule has 3 nitrogen and oxygen atoms in total. The summed E-state index contributed by atoms with van der Waals surface area (Å²) >= 11 is 7.51. The maximum atomic E-state index is 11.8. The molecule has 5 heteroatoms. The fourth-order valence-electron chi connectivity index (χ4n) is 1.44. The zero-order valence-electron chi connectivity index (χ0n) is 9.24. The van der Waals surface area contributed by atoms with Gasteiger partial charge in [-0.25, -0.2) is 4.98 Å². The Morgan fingerprint density at radius 3 is 3.00 bits per heavy atom. The lowest BCUT2D eigenvalue weighted by atomic mass is 10.2. The zero-order valence-corrected chi connectivity index (χ0v) is 10.8. The summed E-state index contributed by atoms with van der Waals surface area (Å²) in [5.41, 5.74) is 2.50. The first-order chi connectivity index (χ1) is 8.16. The molecule has 0 radical (unpaired) electrons. The van der Waals surface area contributed by atoms with Crippen LogP contribution in [0.25, 0.3) is 0 Å². The van der Waals surface area contributed by atoms with E-state index in [1.807, 2.05) is 29.8 Å². The minimum atomic E-state index is -0.0820. The third-order valence-corrected chi connectivity index (χ3v) is 3.34. The van der Waals surface area contributed by atoms with Gasteiger partial charge in [-0.3, -0.25) is 4.79 Å². The summed E-state index contributed by atoms with van der Waals surface area (Å²) in [6, 6.07) is 3.74. The van der Waals surface area contributed by atoms with E-state index in [1.54, 1.807) is 17.5 Å². The SMILES string of the molecule is Cc1ccnc(Cl)c1NC(=O)Cc1ccsc1. The Kier molecular flexibility index (Phi) is 3.76. The molecule has 0 spiro atoms. The van der Waals surface area contributed by atoms with Gasteiger partial charge < -0.3 is 5.32 Å². The Labute approximate surface area is 108 Å². The number of amides is 1. The second-order valence-corrected chi connectivity index (χ2v) is 4.79. The van der Waals surface area contributed by atoms with Gasteiger partial charge in [0.05, 0.1) is 12.1 Å². The predicted octanol–water partition coefficient (Wildman–Crippen LogP) is 3.29. The molecule has 1 N–H and O–H groups in total. The Bertz CT molecular complexity index is 505. The summed E-state index contributed by atoms with van der Waals surface area (Å²) in [5.74, 6) is -0.0820. The van der Waals surface area contributed by atoms with Crippen molar-refractivity contribution < 1.29 is 4.79 Å². The van der Waals surface area contributed by atoms with Crippen LogP contribution in [0.3, 0.4) is 0 Å². The second-order valence-electron chi connectivity index (χ2n) is 3.65. The summed E-state index contributed by atoms with van der Waals surface area (Å²) in [6.45, 7) is 1.88. The van der Waals surface area contributed by atoms with Crippen LogP contribution in [0.5, 0.6) is 0 Å². The van der Waals surface area contributed by atoms with E-state index in [-0.39, 0.29) is 5.91 Å². The molecule has 2 rings (SSSR count). The molecule has 2 heterocycles. The van der Waals surface area contributed by atoms with Gasteiger partial charge >= 0.3 is 0 Å². The lowest BCUT2D eigenvalue weighted by molar-refractivity contribution is -0.115. The van der Waals surface area contributed by atoms with Crippen molar-refractivity contribution in [1.29, 1.82) is 0 Å². The van der Waals surface area contributed by atoms with Crippen LogP contribution < -0.4 is 5.32 Å². The maximum Gasteiger partial charge on any atom is 0.228 e. The molecule has 0 aliphatic rings. The first-order valence-corrected chi connectivity index (χ1v) is 6.41. The topological polar surface area (TPSA) is 42.0 Å². The standard InChI is InChI=1S/C12H11ClN2OS/c1-8-2-4-14-12(13)11(8)15-10(16)6-9-3-5-17-7-9/h2-5,7H,6H2,1H3,(H,15,16). The highest BCUT2D eigenvalue weighted by Crippen LogP contribution is 2.22. The minimum Gasteiger partial charge on any atom is -0.323 e. The van der Waals surface area contributed by atoms with Crippen LogP contribution in [-0.4, -0.2) is 10.9 Å². The normalized spacial score (nSPS) is 10.2. The molecule has 2 aromatic rings. The number of aromatic nitrogens is 1. The Morgan fingerprint density at radius 2 is 2.35 bits per heavy atom.